The average molecular weight is 317 g/mol. The van der Waals surface area contributed by atoms with E-state index in [9.17, 15) is 13.6 Å². The Balaban J connectivity index is 1.81. The van der Waals surface area contributed by atoms with Gasteiger partial charge in [-0.25, -0.2) is 8.78 Å². The third-order valence-corrected chi connectivity index (χ3v) is 4.15. The summed E-state index contributed by atoms with van der Waals surface area (Å²) in [6, 6.07) is 8.62. The first-order chi connectivity index (χ1) is 11.1. The largest absolute Gasteiger partial charge is 0.346 e. The molecule has 0 bridgehead atoms. The Morgan fingerprint density at radius 2 is 2.09 bits per heavy atom. The molecular weight excluding hydrogens is 300 g/mol. The molecular formula is C17H17F2N3O. The van der Waals surface area contributed by atoms with E-state index in [4.69, 9.17) is 0 Å². The third kappa shape index (κ3) is 3.22. The summed E-state index contributed by atoms with van der Waals surface area (Å²) in [6.07, 6.45) is 2.29. The number of likely N-dealkylation sites (N-methyl/N-ethyl adjacent to an activating group) is 1. The summed E-state index contributed by atoms with van der Waals surface area (Å²) in [5.41, 5.74) is 0.987. The highest BCUT2D eigenvalue weighted by atomic mass is 19.2. The standard InChI is InChI=1S/C17H17F2N3O/c1-22-9-7-14(21-17(23)15-4-2-3-8-20-15)16(22)11-5-6-12(18)13(19)10-11/h2-6,8,10,14,16H,7,9H2,1H3,(H,21,23)/t14-,16-/m0/s1. The summed E-state index contributed by atoms with van der Waals surface area (Å²) < 4.78 is 26.7. The molecule has 1 aromatic heterocycles. The average Bonchev–Trinajstić information content (AvgIpc) is 2.91. The number of rotatable bonds is 3. The van der Waals surface area contributed by atoms with Crippen LogP contribution < -0.4 is 5.32 Å². The minimum Gasteiger partial charge on any atom is -0.346 e. The van der Waals surface area contributed by atoms with E-state index in [0.717, 1.165) is 19.0 Å². The van der Waals surface area contributed by atoms with E-state index in [1.165, 1.54) is 6.07 Å². The summed E-state index contributed by atoms with van der Waals surface area (Å²) in [5, 5.41) is 2.95. The van der Waals surface area contributed by atoms with Crippen LogP contribution in [0.15, 0.2) is 42.6 Å². The predicted octanol–water partition coefficient (Wildman–Crippen LogP) is 2.54. The molecule has 0 radical (unpaired) electrons. The third-order valence-electron chi connectivity index (χ3n) is 4.15. The smallest absolute Gasteiger partial charge is 0.270 e. The first-order valence-corrected chi connectivity index (χ1v) is 7.43. The van der Waals surface area contributed by atoms with Crippen molar-refractivity contribution in [2.75, 3.05) is 13.6 Å². The number of nitrogens with zero attached hydrogens (tertiary/aromatic N) is 2. The summed E-state index contributed by atoms with van der Waals surface area (Å²) in [7, 11) is 1.90. The van der Waals surface area contributed by atoms with Crippen molar-refractivity contribution in [2.24, 2.45) is 0 Å². The normalized spacial score (nSPS) is 21.3. The first-order valence-electron chi connectivity index (χ1n) is 7.43. The van der Waals surface area contributed by atoms with Gasteiger partial charge in [0, 0.05) is 12.7 Å². The van der Waals surface area contributed by atoms with Crippen LogP contribution >= 0.6 is 0 Å². The van der Waals surface area contributed by atoms with Crippen molar-refractivity contribution in [3.63, 3.8) is 0 Å². The second-order valence-corrected chi connectivity index (χ2v) is 5.68. The fourth-order valence-corrected chi connectivity index (χ4v) is 3.02. The van der Waals surface area contributed by atoms with Gasteiger partial charge in [-0.1, -0.05) is 12.1 Å². The lowest BCUT2D eigenvalue weighted by Gasteiger charge is -2.26. The van der Waals surface area contributed by atoms with Crippen LogP contribution in [0.5, 0.6) is 0 Å². The van der Waals surface area contributed by atoms with Gasteiger partial charge in [-0.2, -0.15) is 0 Å². The molecule has 1 amide bonds. The van der Waals surface area contributed by atoms with E-state index in [2.05, 4.69) is 10.3 Å². The Morgan fingerprint density at radius 3 is 2.78 bits per heavy atom. The summed E-state index contributed by atoms with van der Waals surface area (Å²) >= 11 is 0. The van der Waals surface area contributed by atoms with E-state index in [1.54, 1.807) is 30.5 Å². The predicted molar refractivity (Wildman–Crippen MR) is 81.8 cm³/mol. The van der Waals surface area contributed by atoms with Gasteiger partial charge < -0.3 is 5.32 Å². The molecule has 2 heterocycles. The number of benzene rings is 1. The molecule has 1 saturated heterocycles. The maximum Gasteiger partial charge on any atom is 0.270 e. The lowest BCUT2D eigenvalue weighted by molar-refractivity contribution is 0.0922. The minimum atomic E-state index is -0.877. The highest BCUT2D eigenvalue weighted by molar-refractivity contribution is 5.92. The SMILES string of the molecule is CN1CC[C@H](NC(=O)c2ccccn2)[C@@H]1c1ccc(F)c(F)c1. The molecule has 2 atom stereocenters. The Morgan fingerprint density at radius 1 is 1.26 bits per heavy atom. The zero-order chi connectivity index (χ0) is 16.4. The van der Waals surface area contributed by atoms with Gasteiger partial charge in [-0.3, -0.25) is 14.7 Å². The quantitative estimate of drug-likeness (QED) is 0.946. The van der Waals surface area contributed by atoms with E-state index < -0.39 is 11.6 Å². The van der Waals surface area contributed by atoms with Gasteiger partial charge in [0.1, 0.15) is 5.69 Å². The number of aromatic nitrogens is 1. The molecule has 1 aliphatic rings. The fraction of sp³-hybridized carbons (Fsp3) is 0.294. The maximum atomic E-state index is 13.5. The zero-order valence-corrected chi connectivity index (χ0v) is 12.7. The Labute approximate surface area is 133 Å². The Bertz CT molecular complexity index is 708. The van der Waals surface area contributed by atoms with Crippen LogP contribution in [-0.4, -0.2) is 35.4 Å². The van der Waals surface area contributed by atoms with Crippen LogP contribution in [0.3, 0.4) is 0 Å². The summed E-state index contributed by atoms with van der Waals surface area (Å²) in [5.74, 6) is -2.01. The summed E-state index contributed by atoms with van der Waals surface area (Å²) in [6.45, 7) is 0.761. The number of carbonyl (C=O) groups is 1. The van der Waals surface area contributed by atoms with Crippen LogP contribution in [0.4, 0.5) is 8.78 Å². The molecule has 6 heteroatoms. The fourth-order valence-electron chi connectivity index (χ4n) is 3.02. The molecule has 0 spiro atoms. The maximum absolute atomic E-state index is 13.5. The molecule has 1 aromatic carbocycles. The van der Waals surface area contributed by atoms with Crippen molar-refractivity contribution >= 4 is 5.91 Å². The molecule has 4 nitrogen and oxygen atoms in total. The van der Waals surface area contributed by atoms with Gasteiger partial charge in [-0.15, -0.1) is 0 Å². The number of hydrogen-bond acceptors (Lipinski definition) is 3. The zero-order valence-electron chi connectivity index (χ0n) is 12.7. The molecule has 1 fully saturated rings. The number of halogens is 2. The van der Waals surface area contributed by atoms with Crippen molar-refractivity contribution in [1.82, 2.24) is 15.2 Å². The highest BCUT2D eigenvalue weighted by Crippen LogP contribution is 2.31. The second-order valence-electron chi connectivity index (χ2n) is 5.68. The monoisotopic (exact) mass is 317 g/mol. The van der Waals surface area contributed by atoms with Gasteiger partial charge in [0.15, 0.2) is 11.6 Å². The Kier molecular flexibility index (Phi) is 4.34. The molecule has 1 N–H and O–H groups in total. The molecule has 3 rings (SSSR count). The van der Waals surface area contributed by atoms with Gasteiger partial charge in [-0.05, 0) is 43.3 Å². The second kappa shape index (κ2) is 6.42. The van der Waals surface area contributed by atoms with Crippen LogP contribution in [0.25, 0.3) is 0 Å². The molecule has 0 saturated carbocycles. The van der Waals surface area contributed by atoms with Gasteiger partial charge >= 0.3 is 0 Å². The van der Waals surface area contributed by atoms with E-state index in [0.29, 0.717) is 11.3 Å². The first kappa shape index (κ1) is 15.6. The molecule has 0 aliphatic carbocycles. The molecule has 23 heavy (non-hydrogen) atoms. The number of amides is 1. The van der Waals surface area contributed by atoms with Crippen LogP contribution in [0.2, 0.25) is 0 Å². The van der Waals surface area contributed by atoms with Crippen LogP contribution in [0, 0.1) is 11.6 Å². The molecule has 0 unspecified atom stereocenters. The number of carbonyl (C=O) groups excluding carboxylic acids is 1. The van der Waals surface area contributed by atoms with E-state index in [1.807, 2.05) is 11.9 Å². The van der Waals surface area contributed by atoms with Crippen molar-refractivity contribution in [1.29, 1.82) is 0 Å². The lowest BCUT2D eigenvalue weighted by Crippen LogP contribution is -2.39. The lowest BCUT2D eigenvalue weighted by atomic mass is 9.99. The van der Waals surface area contributed by atoms with Gasteiger partial charge in [0.2, 0.25) is 0 Å². The van der Waals surface area contributed by atoms with Crippen molar-refractivity contribution in [3.05, 3.63) is 65.5 Å². The number of pyridine rings is 1. The van der Waals surface area contributed by atoms with E-state index >= 15 is 0 Å². The number of hydrogen-bond donors (Lipinski definition) is 1. The molecule has 2 aromatic rings. The summed E-state index contributed by atoms with van der Waals surface area (Å²) in [4.78, 5) is 18.3. The van der Waals surface area contributed by atoms with E-state index in [-0.39, 0.29) is 18.0 Å². The number of likely N-dealkylation sites (tertiary alicyclic amines) is 1. The van der Waals surface area contributed by atoms with Gasteiger partial charge in [0.05, 0.1) is 12.1 Å². The number of nitrogens with one attached hydrogen (secondary N) is 1. The highest BCUT2D eigenvalue weighted by Gasteiger charge is 2.34. The molecule has 1 aliphatic heterocycles. The van der Waals surface area contributed by atoms with Crippen molar-refractivity contribution in [3.8, 4) is 0 Å². The topological polar surface area (TPSA) is 45.2 Å². The van der Waals surface area contributed by atoms with Gasteiger partial charge in [0.25, 0.3) is 5.91 Å². The molecule has 120 valence electrons. The van der Waals surface area contributed by atoms with Crippen molar-refractivity contribution < 1.29 is 13.6 Å². The van der Waals surface area contributed by atoms with Crippen LogP contribution in [0.1, 0.15) is 28.5 Å². The van der Waals surface area contributed by atoms with Crippen molar-refractivity contribution in [2.45, 2.75) is 18.5 Å². The minimum absolute atomic E-state index is 0.181. The van der Waals surface area contributed by atoms with Crippen LogP contribution in [-0.2, 0) is 0 Å². The Hall–Kier alpha value is -2.34.